The molecule has 1 N–H and O–H groups in total. The molecular weight excluding hydrogens is 320 g/mol. The van der Waals surface area contributed by atoms with E-state index in [4.69, 9.17) is 14.0 Å². The predicted octanol–water partition coefficient (Wildman–Crippen LogP) is 3.54. The van der Waals surface area contributed by atoms with Gasteiger partial charge in [0.25, 0.3) is 5.56 Å². The Kier molecular flexibility index (Phi) is 4.88. The molecule has 0 aromatic carbocycles. The molecule has 25 heavy (non-hydrogen) atoms. The van der Waals surface area contributed by atoms with E-state index in [0.29, 0.717) is 17.7 Å². The molecule has 2 aromatic rings. The third-order valence-corrected chi connectivity index (χ3v) is 5.18. The third kappa shape index (κ3) is 4.12. The zero-order valence-corrected chi connectivity index (χ0v) is 14.3. The van der Waals surface area contributed by atoms with Gasteiger partial charge < -0.3 is 14.0 Å². The largest absolute Gasteiger partial charge is 0.474 e. The molecule has 2 aliphatic carbocycles. The van der Waals surface area contributed by atoms with Crippen LogP contribution in [0.25, 0.3) is 11.3 Å². The number of pyridine rings is 1. The van der Waals surface area contributed by atoms with Crippen LogP contribution in [0.4, 0.5) is 0 Å². The van der Waals surface area contributed by atoms with Crippen LogP contribution in [0.3, 0.4) is 0 Å². The fourth-order valence-electron chi connectivity index (χ4n) is 3.57. The monoisotopic (exact) mass is 344 g/mol. The Morgan fingerprint density at radius 1 is 1.16 bits per heavy atom. The van der Waals surface area contributed by atoms with Gasteiger partial charge in [0.15, 0.2) is 5.76 Å². The Bertz CT molecular complexity index is 724. The number of nitrogens with one attached hydrogen (secondary N) is 1. The lowest BCUT2D eigenvalue weighted by Crippen LogP contribution is -2.40. The summed E-state index contributed by atoms with van der Waals surface area (Å²) in [6, 6.07) is 5.04. The Hall–Kier alpha value is -2.08. The van der Waals surface area contributed by atoms with Crippen LogP contribution in [-0.2, 0) is 4.74 Å². The van der Waals surface area contributed by atoms with Crippen LogP contribution in [0.5, 0.6) is 5.88 Å². The molecule has 0 radical (unpaired) electrons. The minimum absolute atomic E-state index is 0.180. The number of nitrogens with zero attached hydrogens (tertiary/aromatic N) is 1. The first kappa shape index (κ1) is 16.4. The second-order valence-electron chi connectivity index (χ2n) is 7.13. The molecule has 0 amide bonds. The summed E-state index contributed by atoms with van der Waals surface area (Å²) in [6.45, 7) is 0.909. The van der Waals surface area contributed by atoms with E-state index in [2.05, 4.69) is 10.1 Å². The lowest BCUT2D eigenvalue weighted by molar-refractivity contribution is -0.0749. The summed E-state index contributed by atoms with van der Waals surface area (Å²) in [4.78, 5) is 15.4. The summed E-state index contributed by atoms with van der Waals surface area (Å²) in [5.41, 5.74) is 0.483. The summed E-state index contributed by atoms with van der Waals surface area (Å²) in [7, 11) is 0. The molecule has 134 valence electrons. The number of aromatic amines is 1. The van der Waals surface area contributed by atoms with Crippen LogP contribution in [-0.4, -0.2) is 29.0 Å². The molecule has 0 unspecified atom stereocenters. The van der Waals surface area contributed by atoms with Gasteiger partial charge in [-0.2, -0.15) is 5.16 Å². The lowest BCUT2D eigenvalue weighted by Gasteiger charge is -2.36. The zero-order valence-electron chi connectivity index (χ0n) is 14.3. The number of ether oxygens (including phenoxy) is 2. The summed E-state index contributed by atoms with van der Waals surface area (Å²) < 4.78 is 17.0. The lowest BCUT2D eigenvalue weighted by atomic mass is 9.89. The van der Waals surface area contributed by atoms with Crippen molar-refractivity contribution in [2.45, 2.75) is 57.2 Å². The molecule has 2 aliphatic rings. The molecule has 4 rings (SSSR count). The van der Waals surface area contributed by atoms with E-state index in [1.54, 1.807) is 12.3 Å². The molecule has 6 heteroatoms. The first-order valence-electron chi connectivity index (χ1n) is 9.19. The summed E-state index contributed by atoms with van der Waals surface area (Å²) in [5, 5.41) is 2.27. The first-order chi connectivity index (χ1) is 12.3. The average molecular weight is 344 g/mol. The molecule has 0 aliphatic heterocycles. The van der Waals surface area contributed by atoms with E-state index in [0.717, 1.165) is 30.9 Å². The Morgan fingerprint density at radius 2 is 2.00 bits per heavy atom. The van der Waals surface area contributed by atoms with Gasteiger partial charge >= 0.3 is 0 Å². The summed E-state index contributed by atoms with van der Waals surface area (Å²) in [5.74, 6) is 1.83. The number of aromatic nitrogens is 2. The molecule has 2 aromatic heterocycles. The van der Waals surface area contributed by atoms with Crippen LogP contribution in [0.1, 0.15) is 44.9 Å². The summed E-state index contributed by atoms with van der Waals surface area (Å²) in [6.07, 6.45) is 10.8. The van der Waals surface area contributed by atoms with E-state index in [-0.39, 0.29) is 11.7 Å². The zero-order chi connectivity index (χ0) is 17.1. The van der Waals surface area contributed by atoms with Crippen LogP contribution in [0.2, 0.25) is 0 Å². The second-order valence-corrected chi connectivity index (χ2v) is 7.13. The number of rotatable bonds is 6. The maximum absolute atomic E-state index is 11.1. The minimum Gasteiger partial charge on any atom is -0.474 e. The maximum atomic E-state index is 11.1. The highest BCUT2D eigenvalue weighted by Crippen LogP contribution is 2.30. The molecule has 0 bridgehead atoms. The van der Waals surface area contributed by atoms with Gasteiger partial charge in [-0.15, -0.1) is 0 Å². The van der Waals surface area contributed by atoms with E-state index < -0.39 is 0 Å². The van der Waals surface area contributed by atoms with Gasteiger partial charge in [0.1, 0.15) is 6.10 Å². The van der Waals surface area contributed by atoms with Crippen molar-refractivity contribution in [3.05, 3.63) is 34.7 Å². The quantitative estimate of drug-likeness (QED) is 0.867. The van der Waals surface area contributed by atoms with E-state index >= 15 is 0 Å². The van der Waals surface area contributed by atoms with Crippen molar-refractivity contribution in [3.8, 4) is 17.2 Å². The summed E-state index contributed by atoms with van der Waals surface area (Å²) >= 11 is 0. The molecule has 0 saturated heterocycles. The van der Waals surface area contributed by atoms with Gasteiger partial charge in [-0.25, -0.2) is 4.98 Å². The number of H-pyrrole nitrogens is 1. The van der Waals surface area contributed by atoms with Gasteiger partial charge in [0, 0.05) is 37.3 Å². The third-order valence-electron chi connectivity index (χ3n) is 5.18. The molecule has 2 saturated carbocycles. The fraction of sp³-hybridized carbons (Fsp3) is 0.579. The van der Waals surface area contributed by atoms with Gasteiger partial charge in [-0.1, -0.05) is 19.3 Å². The van der Waals surface area contributed by atoms with Crippen LogP contribution >= 0.6 is 0 Å². The van der Waals surface area contributed by atoms with Crippen molar-refractivity contribution in [3.63, 3.8) is 0 Å². The van der Waals surface area contributed by atoms with Crippen molar-refractivity contribution >= 4 is 0 Å². The Balaban J connectivity index is 1.21. The standard InChI is InChI=1S/C19H24N2O4/c22-18-10-17(25-21-18)14-6-7-19(20-11-14)24-16-8-15(9-16)23-12-13-4-2-1-3-5-13/h6-7,10-11,13,15-16H,1-5,8-9,12H2,(H,21,22). The van der Waals surface area contributed by atoms with Crippen LogP contribution < -0.4 is 10.3 Å². The van der Waals surface area contributed by atoms with Crippen molar-refractivity contribution < 1.29 is 14.0 Å². The second kappa shape index (κ2) is 7.44. The molecule has 2 fully saturated rings. The molecule has 6 nitrogen and oxygen atoms in total. The Labute approximate surface area is 146 Å². The van der Waals surface area contributed by atoms with Crippen LogP contribution in [0, 0.1) is 5.92 Å². The van der Waals surface area contributed by atoms with Gasteiger partial charge in [-0.3, -0.25) is 4.79 Å². The first-order valence-corrected chi connectivity index (χ1v) is 9.19. The molecule has 2 heterocycles. The highest BCUT2D eigenvalue weighted by molar-refractivity contribution is 5.55. The van der Waals surface area contributed by atoms with E-state index in [1.165, 1.54) is 38.2 Å². The van der Waals surface area contributed by atoms with Crippen molar-refractivity contribution in [2.75, 3.05) is 6.61 Å². The Morgan fingerprint density at radius 3 is 2.68 bits per heavy atom. The van der Waals surface area contributed by atoms with Crippen LogP contribution in [0.15, 0.2) is 33.7 Å². The highest BCUT2D eigenvalue weighted by atomic mass is 16.5. The number of hydrogen-bond acceptors (Lipinski definition) is 5. The topological polar surface area (TPSA) is 77.3 Å². The smallest absolute Gasteiger partial charge is 0.280 e. The molecule has 0 atom stereocenters. The SMILES string of the molecule is O=c1cc(-c2ccc(OC3CC(OCC4CCCCC4)C3)nc2)o[nH]1. The van der Waals surface area contributed by atoms with Gasteiger partial charge in [0.2, 0.25) is 5.88 Å². The van der Waals surface area contributed by atoms with Gasteiger partial charge in [-0.05, 0) is 24.8 Å². The van der Waals surface area contributed by atoms with Crippen molar-refractivity contribution in [1.29, 1.82) is 0 Å². The van der Waals surface area contributed by atoms with Gasteiger partial charge in [0.05, 0.1) is 12.2 Å². The van der Waals surface area contributed by atoms with E-state index in [1.807, 2.05) is 6.07 Å². The predicted molar refractivity (Wildman–Crippen MR) is 92.5 cm³/mol. The average Bonchev–Trinajstić information content (AvgIpc) is 3.05. The van der Waals surface area contributed by atoms with Crippen molar-refractivity contribution in [1.82, 2.24) is 10.1 Å². The molecular formula is C19H24N2O4. The normalized spacial score (nSPS) is 24.0. The highest BCUT2D eigenvalue weighted by Gasteiger charge is 2.32. The van der Waals surface area contributed by atoms with Crippen molar-refractivity contribution in [2.24, 2.45) is 5.92 Å². The minimum atomic E-state index is -0.260. The molecule has 0 spiro atoms. The fourth-order valence-corrected chi connectivity index (χ4v) is 3.57. The maximum Gasteiger partial charge on any atom is 0.280 e. The van der Waals surface area contributed by atoms with E-state index in [9.17, 15) is 4.79 Å². The number of hydrogen-bond donors (Lipinski definition) is 1.